The first kappa shape index (κ1) is 49.9. The Bertz CT molecular complexity index is 2530. The Kier molecular flexibility index (Phi) is 16.8. The summed E-state index contributed by atoms with van der Waals surface area (Å²) >= 11 is 0. The van der Waals surface area contributed by atoms with Crippen LogP contribution in [-0.2, 0) is 38.1 Å². The van der Waals surface area contributed by atoms with E-state index in [4.69, 9.17) is 31.9 Å². The average Bonchev–Trinajstić information content (AvgIpc) is 3.29. The Morgan fingerprint density at radius 1 is 0.924 bits per heavy atom. The molecule has 19 heteroatoms. The number of benzene rings is 3. The number of ether oxygens (including phenoxy) is 2. The molecule has 66 heavy (non-hydrogen) atoms. The van der Waals surface area contributed by atoms with Gasteiger partial charge in [-0.25, -0.2) is 4.98 Å². The molecule has 3 aromatic carbocycles. The van der Waals surface area contributed by atoms with Crippen LogP contribution in [0.2, 0.25) is 0 Å². The zero-order valence-electron chi connectivity index (χ0n) is 38.1. The lowest BCUT2D eigenvalue weighted by molar-refractivity contribution is -0.141. The van der Waals surface area contributed by atoms with Gasteiger partial charge in [-0.1, -0.05) is 57.2 Å². The summed E-state index contributed by atoms with van der Waals surface area (Å²) < 4.78 is 13.3. The van der Waals surface area contributed by atoms with Crippen molar-refractivity contribution in [3.8, 4) is 40.0 Å². The van der Waals surface area contributed by atoms with Gasteiger partial charge in [-0.05, 0) is 66.3 Å². The van der Waals surface area contributed by atoms with E-state index in [2.05, 4.69) is 47.0 Å². The first-order valence-electron chi connectivity index (χ1n) is 21.6. The van der Waals surface area contributed by atoms with Crippen molar-refractivity contribution in [2.45, 2.75) is 70.1 Å². The highest BCUT2D eigenvalue weighted by atomic mass is 16.5. The zero-order chi connectivity index (χ0) is 48.3. The van der Waals surface area contributed by atoms with Crippen molar-refractivity contribution in [1.82, 2.24) is 35.7 Å². The number of nitrogens with one attached hydrogen (secondary N) is 4. The van der Waals surface area contributed by atoms with Crippen LogP contribution in [0, 0.1) is 11.3 Å². The van der Waals surface area contributed by atoms with Crippen LogP contribution in [0.4, 0.5) is 0 Å². The molecule has 1 aromatic heterocycles. The first-order valence-corrected chi connectivity index (χ1v) is 21.6. The van der Waals surface area contributed by atoms with E-state index in [9.17, 15) is 28.8 Å². The molecule has 0 saturated heterocycles. The predicted octanol–water partition coefficient (Wildman–Crippen LogP) is 0.919. The number of carbonyl (C=O) groups is 5. The van der Waals surface area contributed by atoms with Crippen LogP contribution in [0.1, 0.15) is 67.3 Å². The van der Waals surface area contributed by atoms with Gasteiger partial charge < -0.3 is 57.4 Å². The number of rotatable bonds is 15. The van der Waals surface area contributed by atoms with E-state index in [1.165, 1.54) is 27.2 Å². The van der Waals surface area contributed by atoms with E-state index < -0.39 is 59.3 Å². The largest absolute Gasteiger partial charge is 0.492 e. The molecule has 4 atom stereocenters. The van der Waals surface area contributed by atoms with Crippen molar-refractivity contribution >= 4 is 29.5 Å². The van der Waals surface area contributed by atoms with Crippen LogP contribution < -0.4 is 53.5 Å². The Morgan fingerprint density at radius 2 is 1.56 bits per heavy atom. The molecule has 4 aromatic rings. The Morgan fingerprint density at radius 3 is 2.17 bits per heavy atom. The van der Waals surface area contributed by atoms with Crippen molar-refractivity contribution in [2.75, 3.05) is 46.4 Å². The molecule has 4 bridgehead atoms. The third-order valence-corrected chi connectivity index (χ3v) is 11.1. The van der Waals surface area contributed by atoms with E-state index in [-0.39, 0.29) is 74.6 Å². The van der Waals surface area contributed by atoms with Crippen molar-refractivity contribution in [1.29, 1.82) is 5.26 Å². The molecular weight excluding hydrogens is 847 g/mol. The minimum absolute atomic E-state index is 0.0134. The normalized spacial score (nSPS) is 16.6. The lowest BCUT2D eigenvalue weighted by atomic mass is 9.86. The van der Waals surface area contributed by atoms with Gasteiger partial charge in [0.15, 0.2) is 0 Å². The number of likely N-dealkylation sites (N-methyl/N-ethyl adjacent to an activating group) is 1. The fourth-order valence-electron chi connectivity index (χ4n) is 7.43. The van der Waals surface area contributed by atoms with Gasteiger partial charge in [0.25, 0.3) is 11.5 Å². The van der Waals surface area contributed by atoms with Gasteiger partial charge in [-0.2, -0.15) is 5.26 Å². The van der Waals surface area contributed by atoms with Gasteiger partial charge >= 0.3 is 0 Å². The van der Waals surface area contributed by atoms with Crippen molar-refractivity contribution in [3.63, 3.8) is 0 Å². The molecule has 10 N–H and O–H groups in total. The molecule has 0 spiro atoms. The number of fused-ring (bicyclic) bond motifs is 5. The van der Waals surface area contributed by atoms with Crippen LogP contribution in [0.25, 0.3) is 22.4 Å². The number of hydrogen-bond acceptors (Lipinski definition) is 13. The average molecular weight is 906 g/mol. The smallest absolute Gasteiger partial charge is 0.277 e. The maximum Gasteiger partial charge on any atom is 0.277 e. The second-order valence-electron chi connectivity index (χ2n) is 16.9. The van der Waals surface area contributed by atoms with Crippen molar-refractivity contribution in [3.05, 3.63) is 99.6 Å². The molecule has 350 valence electrons. The summed E-state index contributed by atoms with van der Waals surface area (Å²) in [6.07, 6.45) is 1.17. The summed E-state index contributed by atoms with van der Waals surface area (Å²) in [5.74, 6) is -2.94. The zero-order valence-corrected chi connectivity index (χ0v) is 38.1. The lowest BCUT2D eigenvalue weighted by Gasteiger charge is -2.32. The highest BCUT2D eigenvalue weighted by molar-refractivity contribution is 5.98. The van der Waals surface area contributed by atoms with Gasteiger partial charge in [-0.15, -0.1) is 0 Å². The molecule has 1 aliphatic heterocycles. The number of nitrogens with two attached hydrogens (primary N) is 3. The summed E-state index contributed by atoms with van der Waals surface area (Å²) in [5, 5.41) is 19.7. The highest BCUT2D eigenvalue weighted by Gasteiger charge is 2.36. The fourth-order valence-corrected chi connectivity index (χ4v) is 7.43. The number of hydrogen-bond donors (Lipinski definition) is 7. The van der Waals surface area contributed by atoms with Gasteiger partial charge in [0, 0.05) is 50.3 Å². The molecule has 0 unspecified atom stereocenters. The topological polar surface area (TPSA) is 292 Å². The van der Waals surface area contributed by atoms with E-state index in [0.717, 1.165) is 15.0 Å². The molecular formula is C47H59N11O8. The summed E-state index contributed by atoms with van der Waals surface area (Å²) in [6, 6.07) is 14.1. The molecule has 2 heterocycles. The third-order valence-electron chi connectivity index (χ3n) is 11.1. The summed E-state index contributed by atoms with van der Waals surface area (Å²) in [6.45, 7) is 7.89. The maximum atomic E-state index is 14.7. The van der Waals surface area contributed by atoms with E-state index in [0.29, 0.717) is 33.8 Å². The minimum Gasteiger partial charge on any atom is -0.492 e. The predicted molar refractivity (Wildman–Crippen MR) is 247 cm³/mol. The lowest BCUT2D eigenvalue weighted by Crippen LogP contribution is -2.56. The first-order chi connectivity index (χ1) is 31.4. The fraction of sp³-hybridized carbons (Fsp3) is 0.404. The van der Waals surface area contributed by atoms with Gasteiger partial charge in [0.05, 0.1) is 12.3 Å². The Labute approximate surface area is 383 Å². The van der Waals surface area contributed by atoms with Crippen LogP contribution in [0.15, 0.2) is 71.7 Å². The van der Waals surface area contributed by atoms with Crippen molar-refractivity contribution in [2.24, 2.45) is 24.2 Å². The summed E-state index contributed by atoms with van der Waals surface area (Å²) in [7, 11) is 2.80. The number of carbonyl (C=O) groups excluding carboxylic acids is 5. The number of nitrogens with zero attached hydrogens (tertiary/aromatic N) is 4. The summed E-state index contributed by atoms with van der Waals surface area (Å²) in [4.78, 5) is 89.3. The van der Waals surface area contributed by atoms with Gasteiger partial charge in [0.2, 0.25) is 23.6 Å². The van der Waals surface area contributed by atoms with Crippen LogP contribution >= 0.6 is 0 Å². The molecule has 5 amide bonds. The number of aromatic nitrogens is 2. The van der Waals surface area contributed by atoms with Crippen LogP contribution in [0.5, 0.6) is 11.5 Å². The highest BCUT2D eigenvalue weighted by Crippen LogP contribution is 2.40. The van der Waals surface area contributed by atoms with Gasteiger partial charge in [0.1, 0.15) is 66.8 Å². The molecule has 0 saturated carbocycles. The van der Waals surface area contributed by atoms with Gasteiger partial charge in [-0.3, -0.25) is 28.8 Å². The SMILES string of the molecule is C[C@@H]1NC(=O)[C@@H](N(C)C(=O)[C@H](CCN)NC(=O)c2cnc(-c3ccc(C(C)(C)C)cc3)c(=O)n2C)c2ccc(OCCN)c(c2)-c2cc(ccc2OCCN)C[C@@H](C(=O)NCC#N)NC1=O. The Hall–Kier alpha value is -7.14. The molecule has 0 fully saturated rings. The standard InChI is InChI=1S/C47H59N11O8/c1-27-41(59)56-35(42(60)52-20-17-49)24-28-7-13-37(65-21-18-50)32(23-28)33-25-30(10-14-38(33)66-22-19-51)40(44(62)54-27)58(6)45(63)34(15-16-48)55-43(61)36-26-53-39(46(64)57(36)5)29-8-11-31(12-9-29)47(2,3)4/h7-14,23,25-27,34-35,40H,15-16,18-22,24,48,50-51H2,1-6H3,(H,52,60)(H,54,62)(H,55,61)(H,56,59)/t27-,34-,35-,40-/m0/s1. The van der Waals surface area contributed by atoms with E-state index >= 15 is 0 Å². The van der Waals surface area contributed by atoms with Crippen LogP contribution in [-0.4, -0.2) is 109 Å². The molecule has 0 radical (unpaired) electrons. The third kappa shape index (κ3) is 11.8. The molecule has 5 rings (SSSR count). The monoisotopic (exact) mass is 905 g/mol. The number of nitriles is 1. The maximum absolute atomic E-state index is 14.7. The number of amides is 5. The second-order valence-corrected chi connectivity index (χ2v) is 16.9. The Balaban J connectivity index is 1.57. The molecule has 0 aliphatic carbocycles. The van der Waals surface area contributed by atoms with E-state index in [1.54, 1.807) is 48.5 Å². The minimum atomic E-state index is -1.45. The second kappa shape index (κ2) is 22.2. The summed E-state index contributed by atoms with van der Waals surface area (Å²) in [5.41, 5.74) is 20.4. The van der Waals surface area contributed by atoms with Crippen LogP contribution in [0.3, 0.4) is 0 Å². The molecule has 1 aliphatic rings. The van der Waals surface area contributed by atoms with E-state index in [1.807, 2.05) is 18.2 Å². The van der Waals surface area contributed by atoms with Crippen molar-refractivity contribution < 1.29 is 33.4 Å². The molecule has 19 nitrogen and oxygen atoms in total. The quantitative estimate of drug-likeness (QED) is 0.0818.